The maximum atomic E-state index is 11.6. The predicted molar refractivity (Wildman–Crippen MR) is 70.7 cm³/mol. The lowest BCUT2D eigenvalue weighted by molar-refractivity contribution is -0.123. The molecule has 1 saturated heterocycles. The largest absolute Gasteiger partial charge is 0.484 e. The molecule has 18 heavy (non-hydrogen) atoms. The normalized spacial score (nSPS) is 18.6. The molecule has 4 nitrogen and oxygen atoms in total. The number of hydrogen-bond acceptors (Lipinski definition) is 3. The Kier molecular flexibility index (Phi) is 4.59. The third kappa shape index (κ3) is 4.04. The monoisotopic (exact) mass is 248 g/mol. The summed E-state index contributed by atoms with van der Waals surface area (Å²) >= 11 is 0. The number of nitrogens with one attached hydrogen (secondary N) is 2. The van der Waals surface area contributed by atoms with Crippen molar-refractivity contribution < 1.29 is 9.53 Å². The Morgan fingerprint density at radius 1 is 1.44 bits per heavy atom. The fraction of sp³-hybridized carbons (Fsp3) is 0.500. The van der Waals surface area contributed by atoms with Crippen LogP contribution >= 0.6 is 0 Å². The molecule has 2 N–H and O–H groups in total. The molecule has 1 unspecified atom stereocenters. The topological polar surface area (TPSA) is 50.4 Å². The van der Waals surface area contributed by atoms with Crippen LogP contribution in [0.1, 0.15) is 12.0 Å². The van der Waals surface area contributed by atoms with Crippen molar-refractivity contribution in [1.82, 2.24) is 10.6 Å². The summed E-state index contributed by atoms with van der Waals surface area (Å²) in [5.74, 6) is 1.24. The lowest BCUT2D eigenvalue weighted by Gasteiger charge is -2.11. The van der Waals surface area contributed by atoms with Crippen molar-refractivity contribution in [1.29, 1.82) is 0 Å². The molecule has 1 amide bonds. The van der Waals surface area contributed by atoms with Gasteiger partial charge in [-0.05, 0) is 44.5 Å². The maximum Gasteiger partial charge on any atom is 0.257 e. The average Bonchev–Trinajstić information content (AvgIpc) is 2.89. The van der Waals surface area contributed by atoms with Gasteiger partial charge in [0.1, 0.15) is 5.75 Å². The zero-order valence-corrected chi connectivity index (χ0v) is 10.7. The molecule has 1 aromatic rings. The van der Waals surface area contributed by atoms with Gasteiger partial charge in [-0.15, -0.1) is 0 Å². The van der Waals surface area contributed by atoms with E-state index in [0.717, 1.165) is 31.8 Å². The highest BCUT2D eigenvalue weighted by atomic mass is 16.5. The number of benzene rings is 1. The van der Waals surface area contributed by atoms with Crippen LogP contribution in [0.5, 0.6) is 5.75 Å². The van der Waals surface area contributed by atoms with Gasteiger partial charge in [-0.2, -0.15) is 0 Å². The molecular weight excluding hydrogens is 228 g/mol. The van der Waals surface area contributed by atoms with Crippen molar-refractivity contribution in [3.05, 3.63) is 29.8 Å². The van der Waals surface area contributed by atoms with Gasteiger partial charge in [0.15, 0.2) is 6.61 Å². The number of aryl methyl sites for hydroxylation is 1. The van der Waals surface area contributed by atoms with Gasteiger partial charge in [0.05, 0.1) is 0 Å². The number of ether oxygens (including phenoxy) is 1. The Morgan fingerprint density at radius 2 is 2.22 bits per heavy atom. The number of rotatable bonds is 5. The summed E-state index contributed by atoms with van der Waals surface area (Å²) in [4.78, 5) is 11.6. The Balaban J connectivity index is 1.66. The highest BCUT2D eigenvalue weighted by molar-refractivity contribution is 5.77. The molecule has 1 aliphatic heterocycles. The molecule has 0 saturated carbocycles. The number of amides is 1. The lowest BCUT2D eigenvalue weighted by Crippen LogP contribution is -2.33. The van der Waals surface area contributed by atoms with E-state index in [2.05, 4.69) is 10.6 Å². The van der Waals surface area contributed by atoms with Crippen LogP contribution < -0.4 is 15.4 Å². The second-order valence-electron chi connectivity index (χ2n) is 4.76. The van der Waals surface area contributed by atoms with Gasteiger partial charge in [-0.1, -0.05) is 17.7 Å². The predicted octanol–water partition coefficient (Wildman–Crippen LogP) is 1.10. The number of carbonyl (C=O) groups is 1. The minimum absolute atomic E-state index is 0.0533. The Bertz CT molecular complexity index is 383. The van der Waals surface area contributed by atoms with Crippen molar-refractivity contribution in [3.63, 3.8) is 0 Å². The van der Waals surface area contributed by atoms with Crippen LogP contribution in [-0.2, 0) is 4.79 Å². The van der Waals surface area contributed by atoms with Crippen LogP contribution in [0.15, 0.2) is 24.3 Å². The van der Waals surface area contributed by atoms with Gasteiger partial charge in [0, 0.05) is 6.54 Å². The van der Waals surface area contributed by atoms with Crippen molar-refractivity contribution in [3.8, 4) is 5.75 Å². The second-order valence-corrected chi connectivity index (χ2v) is 4.76. The molecule has 1 fully saturated rings. The quantitative estimate of drug-likeness (QED) is 0.820. The summed E-state index contributed by atoms with van der Waals surface area (Å²) < 4.78 is 5.41. The standard InChI is InChI=1S/C14H20N2O2/c1-11-2-4-13(5-3-11)18-10-14(17)16-9-12-6-7-15-8-12/h2-5,12,15H,6-10H2,1H3,(H,16,17). The van der Waals surface area contributed by atoms with E-state index in [1.54, 1.807) is 0 Å². The summed E-state index contributed by atoms with van der Waals surface area (Å²) in [7, 11) is 0. The van der Waals surface area contributed by atoms with E-state index >= 15 is 0 Å². The van der Waals surface area contributed by atoms with Gasteiger partial charge in [-0.25, -0.2) is 0 Å². The van der Waals surface area contributed by atoms with Crippen LogP contribution in [0.4, 0.5) is 0 Å². The first-order valence-corrected chi connectivity index (χ1v) is 6.41. The van der Waals surface area contributed by atoms with Crippen molar-refractivity contribution in [2.24, 2.45) is 5.92 Å². The summed E-state index contributed by atoms with van der Waals surface area (Å²) in [6, 6.07) is 7.70. The second kappa shape index (κ2) is 6.40. The Morgan fingerprint density at radius 3 is 2.89 bits per heavy atom. The fourth-order valence-corrected chi connectivity index (χ4v) is 1.98. The van der Waals surface area contributed by atoms with Crippen molar-refractivity contribution in [2.45, 2.75) is 13.3 Å². The summed E-state index contributed by atoms with van der Waals surface area (Å²) in [5, 5.41) is 6.18. The molecule has 0 radical (unpaired) electrons. The molecule has 0 bridgehead atoms. The maximum absolute atomic E-state index is 11.6. The molecule has 2 rings (SSSR count). The zero-order valence-electron chi connectivity index (χ0n) is 10.7. The fourth-order valence-electron chi connectivity index (χ4n) is 1.98. The van der Waals surface area contributed by atoms with Gasteiger partial charge < -0.3 is 15.4 Å². The van der Waals surface area contributed by atoms with E-state index in [1.807, 2.05) is 31.2 Å². The Labute approximate surface area is 108 Å². The van der Waals surface area contributed by atoms with Crippen LogP contribution in [0.2, 0.25) is 0 Å². The highest BCUT2D eigenvalue weighted by Crippen LogP contribution is 2.11. The summed E-state index contributed by atoms with van der Waals surface area (Å²) in [6.45, 7) is 4.90. The summed E-state index contributed by atoms with van der Waals surface area (Å²) in [5.41, 5.74) is 1.18. The van der Waals surface area contributed by atoms with E-state index in [9.17, 15) is 4.79 Å². The first kappa shape index (κ1) is 12.9. The van der Waals surface area contributed by atoms with Crippen molar-refractivity contribution in [2.75, 3.05) is 26.2 Å². The molecule has 1 atom stereocenters. The lowest BCUT2D eigenvalue weighted by atomic mass is 10.1. The molecule has 1 aromatic carbocycles. The van der Waals surface area contributed by atoms with Crippen LogP contribution in [-0.4, -0.2) is 32.1 Å². The summed E-state index contributed by atoms with van der Waals surface area (Å²) in [6.07, 6.45) is 1.14. The van der Waals surface area contributed by atoms with E-state index in [-0.39, 0.29) is 12.5 Å². The van der Waals surface area contributed by atoms with Gasteiger partial charge >= 0.3 is 0 Å². The van der Waals surface area contributed by atoms with Crippen molar-refractivity contribution >= 4 is 5.91 Å². The van der Waals surface area contributed by atoms with Gasteiger partial charge in [-0.3, -0.25) is 4.79 Å². The SMILES string of the molecule is Cc1ccc(OCC(=O)NCC2CCNC2)cc1. The van der Waals surface area contributed by atoms with Gasteiger partial charge in [0.2, 0.25) is 0 Å². The third-order valence-electron chi connectivity index (χ3n) is 3.14. The number of hydrogen-bond donors (Lipinski definition) is 2. The molecule has 0 spiro atoms. The molecule has 1 aliphatic rings. The molecule has 0 aliphatic carbocycles. The zero-order chi connectivity index (χ0) is 12.8. The Hall–Kier alpha value is -1.55. The smallest absolute Gasteiger partial charge is 0.257 e. The van der Waals surface area contributed by atoms with Crippen LogP contribution in [0, 0.1) is 12.8 Å². The van der Waals surface area contributed by atoms with E-state index < -0.39 is 0 Å². The third-order valence-corrected chi connectivity index (χ3v) is 3.14. The average molecular weight is 248 g/mol. The minimum Gasteiger partial charge on any atom is -0.484 e. The van der Waals surface area contributed by atoms with E-state index in [4.69, 9.17) is 4.74 Å². The molecule has 98 valence electrons. The molecule has 0 aromatic heterocycles. The first-order chi connectivity index (χ1) is 8.74. The van der Waals surface area contributed by atoms with E-state index in [1.165, 1.54) is 5.56 Å². The first-order valence-electron chi connectivity index (χ1n) is 6.41. The van der Waals surface area contributed by atoms with Gasteiger partial charge in [0.25, 0.3) is 5.91 Å². The highest BCUT2D eigenvalue weighted by Gasteiger charge is 2.15. The molecular formula is C14H20N2O2. The number of carbonyl (C=O) groups excluding carboxylic acids is 1. The van der Waals surface area contributed by atoms with E-state index in [0.29, 0.717) is 5.92 Å². The van der Waals surface area contributed by atoms with Crippen LogP contribution in [0.3, 0.4) is 0 Å². The molecule has 1 heterocycles. The van der Waals surface area contributed by atoms with Crippen LogP contribution in [0.25, 0.3) is 0 Å². The molecule has 4 heteroatoms. The minimum atomic E-state index is -0.0533.